The Balaban J connectivity index is 1.56. The van der Waals surface area contributed by atoms with E-state index in [0.29, 0.717) is 0 Å². The van der Waals surface area contributed by atoms with Crippen molar-refractivity contribution in [1.29, 1.82) is 0 Å². The standard InChI is InChI=1S/C13H23N/c1-2-3-4-7-14-10-13-9-11-5-6-12(13)8-11/h5-6,11-14H,2-4,7-10H2,1H3/t11-,12+,13+/m1/s1. The van der Waals surface area contributed by atoms with Crippen LogP contribution in [0.3, 0.4) is 0 Å². The molecule has 0 spiro atoms. The van der Waals surface area contributed by atoms with Gasteiger partial charge in [-0.2, -0.15) is 0 Å². The lowest BCUT2D eigenvalue weighted by Gasteiger charge is -2.18. The molecule has 0 amide bonds. The second-order valence-corrected chi connectivity index (χ2v) is 4.95. The molecule has 2 bridgehead atoms. The first kappa shape index (κ1) is 10.2. The van der Waals surface area contributed by atoms with E-state index in [9.17, 15) is 0 Å². The molecule has 0 aliphatic heterocycles. The van der Waals surface area contributed by atoms with E-state index in [0.717, 1.165) is 17.8 Å². The van der Waals surface area contributed by atoms with Gasteiger partial charge in [-0.15, -0.1) is 0 Å². The third kappa shape index (κ3) is 2.38. The number of hydrogen-bond acceptors (Lipinski definition) is 1. The fraction of sp³-hybridized carbons (Fsp3) is 0.846. The van der Waals surface area contributed by atoms with Crippen molar-refractivity contribution in [3.63, 3.8) is 0 Å². The normalized spacial score (nSPS) is 34.2. The molecular weight excluding hydrogens is 170 g/mol. The Morgan fingerprint density at radius 2 is 2.14 bits per heavy atom. The third-order valence-corrected chi connectivity index (χ3v) is 3.78. The fourth-order valence-corrected chi connectivity index (χ4v) is 2.92. The smallest absolute Gasteiger partial charge is 0.00147 e. The van der Waals surface area contributed by atoms with E-state index in [1.54, 1.807) is 0 Å². The summed E-state index contributed by atoms with van der Waals surface area (Å²) in [5, 5.41) is 3.61. The summed E-state index contributed by atoms with van der Waals surface area (Å²) in [7, 11) is 0. The second-order valence-electron chi connectivity index (χ2n) is 4.95. The Labute approximate surface area is 88.0 Å². The molecule has 2 rings (SSSR count). The first-order valence-electron chi connectivity index (χ1n) is 6.29. The molecule has 1 heteroatoms. The minimum atomic E-state index is 0.915. The van der Waals surface area contributed by atoms with Crippen LogP contribution in [0.2, 0.25) is 0 Å². The molecule has 3 atom stereocenters. The molecule has 80 valence electrons. The molecule has 0 radical (unpaired) electrons. The molecule has 0 unspecified atom stereocenters. The van der Waals surface area contributed by atoms with Crippen LogP contribution < -0.4 is 5.32 Å². The Kier molecular flexibility index (Phi) is 3.63. The quantitative estimate of drug-likeness (QED) is 0.505. The molecular formula is C13H23N. The van der Waals surface area contributed by atoms with Crippen molar-refractivity contribution < 1.29 is 0 Å². The van der Waals surface area contributed by atoms with Crippen LogP contribution in [0.25, 0.3) is 0 Å². The van der Waals surface area contributed by atoms with Crippen LogP contribution >= 0.6 is 0 Å². The van der Waals surface area contributed by atoms with Gasteiger partial charge < -0.3 is 5.32 Å². The summed E-state index contributed by atoms with van der Waals surface area (Å²) >= 11 is 0. The van der Waals surface area contributed by atoms with E-state index in [-0.39, 0.29) is 0 Å². The van der Waals surface area contributed by atoms with Crippen LogP contribution in [0, 0.1) is 17.8 Å². The molecule has 1 N–H and O–H groups in total. The van der Waals surface area contributed by atoms with Crippen molar-refractivity contribution >= 4 is 0 Å². The number of hydrogen-bond donors (Lipinski definition) is 1. The number of unbranched alkanes of at least 4 members (excludes halogenated alkanes) is 2. The third-order valence-electron chi connectivity index (χ3n) is 3.78. The molecule has 0 heterocycles. The number of fused-ring (bicyclic) bond motifs is 2. The van der Waals surface area contributed by atoms with Gasteiger partial charge in [0.1, 0.15) is 0 Å². The molecule has 0 aromatic carbocycles. The van der Waals surface area contributed by atoms with Crippen LogP contribution in [0.5, 0.6) is 0 Å². The van der Waals surface area contributed by atoms with Crippen molar-refractivity contribution in [1.82, 2.24) is 5.32 Å². The highest BCUT2D eigenvalue weighted by atomic mass is 14.9. The van der Waals surface area contributed by atoms with Crippen LogP contribution in [0.1, 0.15) is 39.0 Å². The van der Waals surface area contributed by atoms with Crippen LogP contribution in [0.4, 0.5) is 0 Å². The van der Waals surface area contributed by atoms with Gasteiger partial charge in [0.2, 0.25) is 0 Å². The first-order chi connectivity index (χ1) is 6.90. The number of nitrogens with one attached hydrogen (secondary N) is 1. The first-order valence-corrected chi connectivity index (χ1v) is 6.29. The lowest BCUT2D eigenvalue weighted by Crippen LogP contribution is -2.26. The van der Waals surface area contributed by atoms with Gasteiger partial charge in [0.05, 0.1) is 0 Å². The molecule has 0 saturated heterocycles. The predicted molar refractivity (Wildman–Crippen MR) is 61.2 cm³/mol. The van der Waals surface area contributed by atoms with Gasteiger partial charge in [-0.3, -0.25) is 0 Å². The maximum Gasteiger partial charge on any atom is -0.00147 e. The molecule has 1 saturated carbocycles. The Bertz CT molecular complexity index is 197. The van der Waals surface area contributed by atoms with E-state index in [1.165, 1.54) is 45.2 Å². The summed E-state index contributed by atoms with van der Waals surface area (Å²) in [6, 6.07) is 0. The summed E-state index contributed by atoms with van der Waals surface area (Å²) in [5.41, 5.74) is 0. The molecule has 2 aliphatic carbocycles. The lowest BCUT2D eigenvalue weighted by molar-refractivity contribution is 0.412. The Hall–Kier alpha value is -0.300. The average Bonchev–Trinajstić information content (AvgIpc) is 2.79. The summed E-state index contributed by atoms with van der Waals surface area (Å²) in [5.74, 6) is 2.80. The van der Waals surface area contributed by atoms with Crippen molar-refractivity contribution in [2.45, 2.75) is 39.0 Å². The zero-order chi connectivity index (χ0) is 9.80. The van der Waals surface area contributed by atoms with E-state index >= 15 is 0 Å². The van der Waals surface area contributed by atoms with Gasteiger partial charge in [-0.25, -0.2) is 0 Å². The van der Waals surface area contributed by atoms with E-state index < -0.39 is 0 Å². The number of allylic oxidation sites excluding steroid dienone is 2. The largest absolute Gasteiger partial charge is 0.316 e. The molecule has 14 heavy (non-hydrogen) atoms. The summed E-state index contributed by atoms with van der Waals surface area (Å²) in [6.45, 7) is 4.75. The van der Waals surface area contributed by atoms with Crippen LogP contribution in [-0.2, 0) is 0 Å². The average molecular weight is 193 g/mol. The molecule has 2 aliphatic rings. The SMILES string of the molecule is CCCCCNC[C@@H]1C[C@@H]2C=C[C@H]1C2. The lowest BCUT2D eigenvalue weighted by atomic mass is 9.93. The monoisotopic (exact) mass is 193 g/mol. The predicted octanol–water partition coefficient (Wildman–Crippen LogP) is 2.98. The van der Waals surface area contributed by atoms with Crippen LogP contribution in [0.15, 0.2) is 12.2 Å². The minimum absolute atomic E-state index is 0.915. The fourth-order valence-electron chi connectivity index (χ4n) is 2.92. The second kappa shape index (κ2) is 4.97. The van der Waals surface area contributed by atoms with E-state index in [2.05, 4.69) is 24.4 Å². The van der Waals surface area contributed by atoms with Crippen molar-refractivity contribution in [3.05, 3.63) is 12.2 Å². The van der Waals surface area contributed by atoms with Gasteiger partial charge in [-0.1, -0.05) is 31.9 Å². The maximum absolute atomic E-state index is 3.61. The summed E-state index contributed by atoms with van der Waals surface area (Å²) in [6.07, 6.45) is 11.8. The van der Waals surface area contributed by atoms with Gasteiger partial charge in [0, 0.05) is 0 Å². The highest BCUT2D eigenvalue weighted by Gasteiger charge is 2.34. The summed E-state index contributed by atoms with van der Waals surface area (Å²) in [4.78, 5) is 0. The topological polar surface area (TPSA) is 12.0 Å². The molecule has 0 aromatic rings. The van der Waals surface area contributed by atoms with Crippen molar-refractivity contribution in [2.75, 3.05) is 13.1 Å². The highest BCUT2D eigenvalue weighted by molar-refractivity contribution is 5.10. The van der Waals surface area contributed by atoms with Gasteiger partial charge >= 0.3 is 0 Å². The Morgan fingerprint density at radius 1 is 1.21 bits per heavy atom. The van der Waals surface area contributed by atoms with Crippen molar-refractivity contribution in [3.8, 4) is 0 Å². The van der Waals surface area contributed by atoms with Crippen LogP contribution in [-0.4, -0.2) is 13.1 Å². The molecule has 1 fully saturated rings. The van der Waals surface area contributed by atoms with Crippen molar-refractivity contribution in [2.24, 2.45) is 17.8 Å². The van der Waals surface area contributed by atoms with Gasteiger partial charge in [0.15, 0.2) is 0 Å². The Morgan fingerprint density at radius 3 is 2.79 bits per heavy atom. The van der Waals surface area contributed by atoms with E-state index in [4.69, 9.17) is 0 Å². The maximum atomic E-state index is 3.61. The minimum Gasteiger partial charge on any atom is -0.316 e. The van der Waals surface area contributed by atoms with Gasteiger partial charge in [0.25, 0.3) is 0 Å². The van der Waals surface area contributed by atoms with E-state index in [1.807, 2.05) is 0 Å². The zero-order valence-corrected chi connectivity index (χ0v) is 9.34. The van der Waals surface area contributed by atoms with Gasteiger partial charge in [-0.05, 0) is 50.1 Å². The molecule has 0 aromatic heterocycles. The molecule has 1 nitrogen and oxygen atoms in total. The number of rotatable bonds is 6. The summed E-state index contributed by atoms with van der Waals surface area (Å²) < 4.78 is 0. The zero-order valence-electron chi connectivity index (χ0n) is 9.34. The highest BCUT2D eigenvalue weighted by Crippen LogP contribution is 2.42.